The highest BCUT2D eigenvalue weighted by molar-refractivity contribution is 7.14. The molecule has 2 amide bonds. The first-order valence-electron chi connectivity index (χ1n) is 10.3. The molecule has 0 atom stereocenters. The number of thiazole rings is 1. The van der Waals surface area contributed by atoms with Gasteiger partial charge in [0.15, 0.2) is 6.61 Å². The molecule has 0 aliphatic heterocycles. The lowest BCUT2D eigenvalue weighted by Gasteiger charge is -2.20. The SMILES string of the molecule is CN(C(=O)COC(=O)Cc1csc(-c2ccsc2)n1)c1ccccc1C(=O)NCc1ccco1. The summed E-state index contributed by atoms with van der Waals surface area (Å²) in [5.74, 6) is -0.747. The highest BCUT2D eigenvalue weighted by Crippen LogP contribution is 2.26. The van der Waals surface area contributed by atoms with Gasteiger partial charge in [0.1, 0.15) is 10.8 Å². The van der Waals surface area contributed by atoms with Crippen molar-refractivity contribution in [1.82, 2.24) is 10.3 Å². The number of ether oxygens (including phenoxy) is 1. The van der Waals surface area contributed by atoms with Crippen molar-refractivity contribution in [1.29, 1.82) is 0 Å². The minimum Gasteiger partial charge on any atom is -0.467 e. The molecule has 0 aliphatic rings. The molecule has 1 aromatic carbocycles. The zero-order chi connectivity index (χ0) is 23.9. The first-order chi connectivity index (χ1) is 16.5. The number of likely N-dealkylation sites (N-methyl/N-ethyl adjacent to an activating group) is 1. The maximum absolute atomic E-state index is 12.7. The Morgan fingerprint density at radius 2 is 1.97 bits per heavy atom. The van der Waals surface area contributed by atoms with Crippen molar-refractivity contribution in [3.05, 3.63) is 81.9 Å². The van der Waals surface area contributed by atoms with Crippen molar-refractivity contribution >= 4 is 46.1 Å². The fraction of sp³-hybridized carbons (Fsp3) is 0.167. The quantitative estimate of drug-likeness (QED) is 0.350. The average molecular weight is 496 g/mol. The largest absolute Gasteiger partial charge is 0.467 e. The first-order valence-corrected chi connectivity index (χ1v) is 12.1. The predicted octanol–water partition coefficient (Wildman–Crippen LogP) is 4.14. The molecule has 3 heterocycles. The van der Waals surface area contributed by atoms with E-state index in [1.54, 1.807) is 53.1 Å². The molecule has 0 fully saturated rings. The number of hydrogen-bond donors (Lipinski definition) is 1. The normalized spacial score (nSPS) is 10.6. The number of aromatic nitrogens is 1. The Kier molecular flexibility index (Phi) is 7.51. The molecule has 34 heavy (non-hydrogen) atoms. The van der Waals surface area contributed by atoms with E-state index in [4.69, 9.17) is 9.15 Å². The topological polar surface area (TPSA) is 102 Å². The minimum atomic E-state index is -0.548. The molecule has 4 rings (SSSR count). The third kappa shape index (κ3) is 5.77. The monoisotopic (exact) mass is 495 g/mol. The zero-order valence-electron chi connectivity index (χ0n) is 18.2. The Hall–Kier alpha value is -3.76. The van der Waals surface area contributed by atoms with Crippen LogP contribution in [-0.2, 0) is 27.3 Å². The van der Waals surface area contributed by atoms with Gasteiger partial charge in [0.05, 0.1) is 36.2 Å². The number of nitrogens with zero attached hydrogens (tertiary/aromatic N) is 2. The molecular formula is C24H21N3O5S2. The van der Waals surface area contributed by atoms with Crippen molar-refractivity contribution < 1.29 is 23.5 Å². The first kappa shape index (κ1) is 23.4. The number of carbonyl (C=O) groups excluding carboxylic acids is 3. The van der Waals surface area contributed by atoms with Crippen LogP contribution in [0.25, 0.3) is 10.6 Å². The second kappa shape index (κ2) is 10.9. The smallest absolute Gasteiger partial charge is 0.312 e. The standard InChI is InChI=1S/C24H21N3O5S2/c1-27(20-7-3-2-6-19(20)23(30)25-12-18-5-4-9-31-18)21(28)13-32-22(29)11-17-15-34-24(26-17)16-8-10-33-14-16/h2-10,14-15H,11-13H2,1H3,(H,25,30). The number of amides is 2. The van der Waals surface area contributed by atoms with Gasteiger partial charge >= 0.3 is 5.97 Å². The molecule has 0 saturated heterocycles. The zero-order valence-corrected chi connectivity index (χ0v) is 19.9. The van der Waals surface area contributed by atoms with Crippen LogP contribution < -0.4 is 10.2 Å². The molecule has 0 unspecified atom stereocenters. The molecule has 0 bridgehead atoms. The molecule has 3 aromatic heterocycles. The summed E-state index contributed by atoms with van der Waals surface area (Å²) in [4.78, 5) is 43.3. The maximum atomic E-state index is 12.7. The molecule has 0 aliphatic carbocycles. The van der Waals surface area contributed by atoms with Gasteiger partial charge in [0, 0.05) is 23.4 Å². The molecule has 0 spiro atoms. The van der Waals surface area contributed by atoms with Crippen molar-refractivity contribution in [3.8, 4) is 10.6 Å². The van der Waals surface area contributed by atoms with Crippen LogP contribution in [0.1, 0.15) is 21.8 Å². The van der Waals surface area contributed by atoms with Gasteiger partial charge in [-0.1, -0.05) is 12.1 Å². The number of benzene rings is 1. The fourth-order valence-corrected chi connectivity index (χ4v) is 4.65. The van der Waals surface area contributed by atoms with Gasteiger partial charge in [-0.3, -0.25) is 14.4 Å². The van der Waals surface area contributed by atoms with Crippen LogP contribution in [0.5, 0.6) is 0 Å². The van der Waals surface area contributed by atoms with Gasteiger partial charge in [-0.25, -0.2) is 4.98 Å². The Morgan fingerprint density at radius 3 is 2.74 bits per heavy atom. The van der Waals surface area contributed by atoms with Crippen LogP contribution in [0.2, 0.25) is 0 Å². The van der Waals surface area contributed by atoms with Crippen molar-refractivity contribution in [2.75, 3.05) is 18.6 Å². The molecule has 10 heteroatoms. The third-order valence-corrected chi connectivity index (χ3v) is 6.51. The Labute approximate surface area is 203 Å². The molecule has 8 nitrogen and oxygen atoms in total. The van der Waals surface area contributed by atoms with E-state index in [9.17, 15) is 14.4 Å². The lowest BCUT2D eigenvalue weighted by atomic mass is 10.1. The van der Waals surface area contributed by atoms with Crippen molar-refractivity contribution in [2.45, 2.75) is 13.0 Å². The summed E-state index contributed by atoms with van der Waals surface area (Å²) in [7, 11) is 1.53. The van der Waals surface area contributed by atoms with E-state index in [0.717, 1.165) is 10.6 Å². The maximum Gasteiger partial charge on any atom is 0.312 e. The van der Waals surface area contributed by atoms with Gasteiger partial charge in [0.2, 0.25) is 0 Å². The van der Waals surface area contributed by atoms with Crippen LogP contribution in [0.4, 0.5) is 5.69 Å². The van der Waals surface area contributed by atoms with Crippen LogP contribution in [0.15, 0.2) is 69.3 Å². The lowest BCUT2D eigenvalue weighted by Crippen LogP contribution is -2.33. The van der Waals surface area contributed by atoms with Crippen LogP contribution in [-0.4, -0.2) is 36.4 Å². The summed E-state index contributed by atoms with van der Waals surface area (Å²) in [5, 5.41) is 9.36. The molecule has 0 saturated carbocycles. The van der Waals surface area contributed by atoms with Crippen molar-refractivity contribution in [2.24, 2.45) is 0 Å². The average Bonchev–Trinajstić information content (AvgIpc) is 3.63. The van der Waals surface area contributed by atoms with E-state index in [0.29, 0.717) is 22.7 Å². The van der Waals surface area contributed by atoms with Crippen LogP contribution in [0.3, 0.4) is 0 Å². The third-order valence-electron chi connectivity index (χ3n) is 4.89. The van der Waals surface area contributed by atoms with E-state index in [-0.39, 0.29) is 18.9 Å². The second-order valence-corrected chi connectivity index (χ2v) is 8.86. The number of hydrogen-bond acceptors (Lipinski definition) is 8. The summed E-state index contributed by atoms with van der Waals surface area (Å²) in [6.07, 6.45) is 1.50. The van der Waals surface area contributed by atoms with E-state index in [1.807, 2.05) is 16.8 Å². The molecule has 1 N–H and O–H groups in total. The van der Waals surface area contributed by atoms with Gasteiger partial charge in [-0.2, -0.15) is 11.3 Å². The number of thiophene rings is 1. The number of carbonyl (C=O) groups is 3. The van der Waals surface area contributed by atoms with E-state index in [1.165, 1.54) is 29.5 Å². The molecule has 174 valence electrons. The molecule has 0 radical (unpaired) electrons. The predicted molar refractivity (Wildman–Crippen MR) is 130 cm³/mol. The van der Waals surface area contributed by atoms with Gasteiger partial charge < -0.3 is 19.4 Å². The Bertz CT molecular complexity index is 1270. The summed E-state index contributed by atoms with van der Waals surface area (Å²) >= 11 is 3.03. The Balaban J connectivity index is 1.32. The number of esters is 1. The lowest BCUT2D eigenvalue weighted by molar-refractivity contribution is -0.147. The Morgan fingerprint density at radius 1 is 1.12 bits per heavy atom. The summed E-state index contributed by atoms with van der Waals surface area (Å²) in [6.45, 7) is -0.223. The molecular weight excluding hydrogens is 474 g/mol. The van der Waals surface area contributed by atoms with Crippen molar-refractivity contribution in [3.63, 3.8) is 0 Å². The molecule has 4 aromatic rings. The number of para-hydroxylation sites is 1. The number of rotatable bonds is 9. The van der Waals surface area contributed by atoms with Gasteiger partial charge in [-0.05, 0) is 35.7 Å². The highest BCUT2D eigenvalue weighted by Gasteiger charge is 2.20. The summed E-state index contributed by atoms with van der Waals surface area (Å²) in [6, 6.07) is 12.2. The number of nitrogens with one attached hydrogen (secondary N) is 1. The number of anilines is 1. The fourth-order valence-electron chi connectivity index (χ4n) is 3.11. The summed E-state index contributed by atoms with van der Waals surface area (Å²) < 4.78 is 10.4. The second-order valence-electron chi connectivity index (χ2n) is 7.23. The number of furan rings is 1. The van der Waals surface area contributed by atoms with Crippen LogP contribution in [0, 0.1) is 0 Å². The minimum absolute atomic E-state index is 0.0244. The van der Waals surface area contributed by atoms with E-state index >= 15 is 0 Å². The van der Waals surface area contributed by atoms with Gasteiger partial charge in [0.25, 0.3) is 11.8 Å². The van der Waals surface area contributed by atoms with E-state index in [2.05, 4.69) is 10.3 Å². The highest BCUT2D eigenvalue weighted by atomic mass is 32.1. The van der Waals surface area contributed by atoms with Gasteiger partial charge in [-0.15, -0.1) is 11.3 Å². The summed E-state index contributed by atoms with van der Waals surface area (Å²) in [5.41, 5.74) is 2.33. The van der Waals surface area contributed by atoms with E-state index < -0.39 is 18.5 Å². The van der Waals surface area contributed by atoms with Crippen LogP contribution >= 0.6 is 22.7 Å².